The quantitative estimate of drug-likeness (QED) is 0.695. The van der Waals surface area contributed by atoms with E-state index in [1.807, 2.05) is 0 Å². The normalized spacial score (nSPS) is 12.7. The highest BCUT2D eigenvalue weighted by Gasteiger charge is 2.32. The van der Waals surface area contributed by atoms with Crippen LogP contribution in [0.25, 0.3) is 11.0 Å². The minimum absolute atomic E-state index is 0.0135. The summed E-state index contributed by atoms with van der Waals surface area (Å²) in [6.07, 6.45) is -9.18. The monoisotopic (exact) mass is 390 g/mol. The predicted molar refractivity (Wildman–Crippen MR) is 83.2 cm³/mol. The third-order valence-electron chi connectivity index (χ3n) is 3.77. The molecule has 5 nitrogen and oxygen atoms in total. The van der Waals surface area contributed by atoms with E-state index in [1.165, 1.54) is 19.1 Å². The fourth-order valence-electron chi connectivity index (χ4n) is 2.67. The lowest BCUT2D eigenvalue weighted by molar-refractivity contribution is -0.142. The number of H-pyrrole nitrogens is 1. The molecular weight excluding hydrogens is 378 g/mol. The third-order valence-corrected chi connectivity index (χ3v) is 3.77. The second kappa shape index (κ2) is 6.39. The summed E-state index contributed by atoms with van der Waals surface area (Å²) in [5, 5.41) is 3.84. The van der Waals surface area contributed by atoms with Crippen molar-refractivity contribution in [2.75, 3.05) is 0 Å². The average Bonchev–Trinajstić information content (AvgIpc) is 2.82. The maximum Gasteiger partial charge on any atom is 0.416 e. The number of hydrogen-bond acceptors (Lipinski definition) is 3. The Labute approximate surface area is 147 Å². The van der Waals surface area contributed by atoms with Crippen LogP contribution in [-0.4, -0.2) is 25.9 Å². The number of aryl methyl sites for hydroxylation is 1. The number of halogens is 6. The van der Waals surface area contributed by atoms with Crippen molar-refractivity contribution in [3.8, 4) is 0 Å². The molecule has 0 fully saturated rings. The second-order valence-corrected chi connectivity index (χ2v) is 5.94. The number of aromatic amines is 1. The molecule has 0 atom stereocenters. The van der Waals surface area contributed by atoms with Crippen molar-refractivity contribution in [2.45, 2.75) is 32.2 Å². The highest BCUT2D eigenvalue weighted by Crippen LogP contribution is 2.29. The first kappa shape index (κ1) is 18.9. The van der Waals surface area contributed by atoms with E-state index in [-0.39, 0.29) is 29.0 Å². The zero-order valence-electron chi connectivity index (χ0n) is 13.7. The molecule has 0 unspecified atom stereocenters. The molecule has 0 bridgehead atoms. The molecule has 0 saturated carbocycles. The number of benzene rings is 1. The van der Waals surface area contributed by atoms with Crippen molar-refractivity contribution >= 4 is 11.0 Å². The predicted octanol–water partition coefficient (Wildman–Crippen LogP) is 3.60. The molecule has 0 aliphatic rings. The smallest absolute Gasteiger partial charge is 0.309 e. The molecule has 27 heavy (non-hydrogen) atoms. The van der Waals surface area contributed by atoms with Crippen molar-refractivity contribution < 1.29 is 26.3 Å². The van der Waals surface area contributed by atoms with Gasteiger partial charge in [-0.2, -0.15) is 31.4 Å². The largest absolute Gasteiger partial charge is 0.416 e. The summed E-state index contributed by atoms with van der Waals surface area (Å²) in [6, 6.07) is 4.15. The lowest BCUT2D eigenvalue weighted by Crippen LogP contribution is -2.22. The standard InChI is InChI=1S/C16H12F6N4O/c1-8-23-12-11(6-9-2-4-10(5-3-9)16(20,21)22)25-26(7-15(17,18)19)13(12)14(27)24-8/h2-5H,6-7H2,1H3,(H,23,24,27). The van der Waals surface area contributed by atoms with Crippen molar-refractivity contribution in [2.24, 2.45) is 0 Å². The van der Waals surface area contributed by atoms with E-state index in [1.54, 1.807) is 0 Å². The maximum atomic E-state index is 12.8. The topological polar surface area (TPSA) is 63.6 Å². The summed E-state index contributed by atoms with van der Waals surface area (Å²) < 4.78 is 76.7. The van der Waals surface area contributed by atoms with E-state index in [0.29, 0.717) is 10.2 Å². The second-order valence-electron chi connectivity index (χ2n) is 5.94. The van der Waals surface area contributed by atoms with Crippen LogP contribution >= 0.6 is 0 Å². The van der Waals surface area contributed by atoms with Crippen LogP contribution in [0.3, 0.4) is 0 Å². The van der Waals surface area contributed by atoms with Crippen molar-refractivity contribution in [1.29, 1.82) is 0 Å². The summed E-state index contributed by atoms with van der Waals surface area (Å²) in [6.45, 7) is -0.0197. The number of rotatable bonds is 3. The molecule has 0 radical (unpaired) electrons. The Hall–Kier alpha value is -2.85. The summed E-state index contributed by atoms with van der Waals surface area (Å²) in [4.78, 5) is 18.5. The van der Waals surface area contributed by atoms with Crippen LogP contribution in [0.5, 0.6) is 0 Å². The van der Waals surface area contributed by atoms with Gasteiger partial charge in [0.2, 0.25) is 0 Å². The Morgan fingerprint density at radius 3 is 2.26 bits per heavy atom. The van der Waals surface area contributed by atoms with E-state index in [0.717, 1.165) is 12.1 Å². The number of nitrogens with zero attached hydrogens (tertiary/aromatic N) is 3. The number of fused-ring (bicyclic) bond motifs is 1. The first-order valence-electron chi connectivity index (χ1n) is 7.63. The first-order valence-corrected chi connectivity index (χ1v) is 7.63. The van der Waals surface area contributed by atoms with E-state index in [4.69, 9.17) is 0 Å². The SMILES string of the molecule is Cc1nc2c(Cc3ccc(C(F)(F)F)cc3)nn(CC(F)(F)F)c2c(=O)[nH]1. The molecule has 0 aliphatic carbocycles. The molecule has 1 aromatic carbocycles. The molecular formula is C16H12F6N4O. The number of nitrogens with one attached hydrogen (secondary N) is 1. The summed E-state index contributed by atoms with van der Waals surface area (Å²) in [5.41, 5.74) is -1.50. The van der Waals surface area contributed by atoms with Crippen LogP contribution in [0.2, 0.25) is 0 Å². The number of alkyl halides is 6. The summed E-state index contributed by atoms with van der Waals surface area (Å²) in [7, 11) is 0. The van der Waals surface area contributed by atoms with Crippen LogP contribution in [-0.2, 0) is 19.1 Å². The molecule has 144 valence electrons. The van der Waals surface area contributed by atoms with Crippen molar-refractivity contribution in [3.63, 3.8) is 0 Å². The van der Waals surface area contributed by atoms with Gasteiger partial charge in [-0.05, 0) is 24.6 Å². The highest BCUT2D eigenvalue weighted by atomic mass is 19.4. The van der Waals surface area contributed by atoms with Gasteiger partial charge in [-0.25, -0.2) is 9.67 Å². The van der Waals surface area contributed by atoms with Gasteiger partial charge in [-0.15, -0.1) is 0 Å². The molecule has 0 saturated heterocycles. The summed E-state index contributed by atoms with van der Waals surface area (Å²) >= 11 is 0. The van der Waals surface area contributed by atoms with Gasteiger partial charge in [0.15, 0.2) is 5.52 Å². The van der Waals surface area contributed by atoms with Gasteiger partial charge in [0, 0.05) is 6.42 Å². The molecule has 0 spiro atoms. The molecule has 2 heterocycles. The minimum atomic E-state index is -4.61. The van der Waals surface area contributed by atoms with E-state index in [9.17, 15) is 31.1 Å². The Kier molecular flexibility index (Phi) is 4.48. The van der Waals surface area contributed by atoms with Gasteiger partial charge in [0.1, 0.15) is 17.9 Å². The zero-order valence-corrected chi connectivity index (χ0v) is 13.7. The van der Waals surface area contributed by atoms with Gasteiger partial charge in [0.05, 0.1) is 11.3 Å². The Bertz CT molecular complexity index is 1030. The minimum Gasteiger partial charge on any atom is -0.309 e. The molecule has 3 rings (SSSR count). The molecule has 3 aromatic rings. The van der Waals surface area contributed by atoms with Crippen molar-refractivity contribution in [1.82, 2.24) is 19.7 Å². The summed E-state index contributed by atoms with van der Waals surface area (Å²) in [5.74, 6) is 0.188. The highest BCUT2D eigenvalue weighted by molar-refractivity contribution is 5.77. The lowest BCUT2D eigenvalue weighted by Gasteiger charge is -2.07. The molecule has 0 aliphatic heterocycles. The van der Waals surface area contributed by atoms with Gasteiger partial charge in [0.25, 0.3) is 5.56 Å². The average molecular weight is 390 g/mol. The third kappa shape index (κ3) is 4.12. The van der Waals surface area contributed by atoms with Crippen molar-refractivity contribution in [3.05, 3.63) is 57.3 Å². The van der Waals surface area contributed by atoms with Crippen LogP contribution in [0, 0.1) is 6.92 Å². The van der Waals surface area contributed by atoms with Crippen LogP contribution in [0.1, 0.15) is 22.6 Å². The zero-order chi connectivity index (χ0) is 20.0. The van der Waals surface area contributed by atoms with Crippen LogP contribution < -0.4 is 5.56 Å². The Balaban J connectivity index is 2.05. The molecule has 0 amide bonds. The number of hydrogen-bond donors (Lipinski definition) is 1. The van der Waals surface area contributed by atoms with E-state index >= 15 is 0 Å². The Morgan fingerprint density at radius 2 is 1.70 bits per heavy atom. The molecule has 2 aromatic heterocycles. The van der Waals surface area contributed by atoms with Gasteiger partial charge >= 0.3 is 12.4 Å². The lowest BCUT2D eigenvalue weighted by atomic mass is 10.1. The van der Waals surface area contributed by atoms with Crippen LogP contribution in [0.4, 0.5) is 26.3 Å². The molecule has 11 heteroatoms. The molecule has 1 N–H and O–H groups in total. The van der Waals surface area contributed by atoms with Gasteiger partial charge in [-0.1, -0.05) is 12.1 Å². The number of aromatic nitrogens is 4. The fraction of sp³-hybridized carbons (Fsp3) is 0.312. The maximum absolute atomic E-state index is 12.8. The van der Waals surface area contributed by atoms with Crippen LogP contribution in [0.15, 0.2) is 29.1 Å². The van der Waals surface area contributed by atoms with Gasteiger partial charge < -0.3 is 4.98 Å². The van der Waals surface area contributed by atoms with E-state index in [2.05, 4.69) is 15.1 Å². The van der Waals surface area contributed by atoms with E-state index < -0.39 is 30.0 Å². The fourth-order valence-corrected chi connectivity index (χ4v) is 2.67. The first-order chi connectivity index (χ1) is 12.4. The van der Waals surface area contributed by atoms with Gasteiger partial charge in [-0.3, -0.25) is 4.79 Å². The Morgan fingerprint density at radius 1 is 1.07 bits per heavy atom.